The van der Waals surface area contributed by atoms with Crippen LogP contribution < -0.4 is 16.2 Å². The largest absolute Gasteiger partial charge is 0.488 e. The zero-order valence-electron chi connectivity index (χ0n) is 12.3. The molecule has 0 bridgehead atoms. The third kappa shape index (κ3) is 3.75. The van der Waals surface area contributed by atoms with Gasteiger partial charge in [0.15, 0.2) is 0 Å². The third-order valence-corrected chi connectivity index (χ3v) is 3.31. The molecule has 0 saturated carbocycles. The smallest absolute Gasteiger partial charge is 0.252 e. The molecule has 2 aromatic rings. The summed E-state index contributed by atoms with van der Waals surface area (Å²) in [6.45, 7) is 4.66. The molecule has 1 amide bonds. The number of nitrogen functional groups attached to an aromatic ring is 1. The molecule has 21 heavy (non-hydrogen) atoms. The van der Waals surface area contributed by atoms with Crippen LogP contribution in [0.3, 0.4) is 0 Å². The van der Waals surface area contributed by atoms with Crippen molar-refractivity contribution in [3.63, 3.8) is 0 Å². The summed E-state index contributed by atoms with van der Waals surface area (Å²) in [5.74, 6) is 0.381. The van der Waals surface area contributed by atoms with Gasteiger partial charge in [0.25, 0.3) is 5.91 Å². The minimum atomic E-state index is -0.528. The van der Waals surface area contributed by atoms with E-state index in [1.807, 2.05) is 12.1 Å². The van der Waals surface area contributed by atoms with E-state index in [2.05, 4.69) is 26.0 Å². The normalized spacial score (nSPS) is 10.6. The van der Waals surface area contributed by atoms with Crippen LogP contribution in [0.5, 0.6) is 5.75 Å². The monoisotopic (exact) mass is 284 g/mol. The van der Waals surface area contributed by atoms with Crippen molar-refractivity contribution in [2.75, 3.05) is 5.73 Å². The molecule has 0 aliphatic rings. The number of carbonyl (C=O) groups is 1. The molecule has 0 unspecified atom stereocenters. The summed E-state index contributed by atoms with van der Waals surface area (Å²) < 4.78 is 5.68. The van der Waals surface area contributed by atoms with Gasteiger partial charge in [-0.25, -0.2) is 0 Å². The van der Waals surface area contributed by atoms with E-state index in [0.717, 1.165) is 5.56 Å². The number of hydrogen-bond acceptors (Lipinski definition) is 3. The molecule has 0 aliphatic carbocycles. The lowest BCUT2D eigenvalue weighted by atomic mass is 10.0. The van der Waals surface area contributed by atoms with Crippen molar-refractivity contribution < 1.29 is 9.53 Å². The van der Waals surface area contributed by atoms with Crippen LogP contribution in [0.2, 0.25) is 0 Å². The third-order valence-electron chi connectivity index (χ3n) is 3.31. The highest BCUT2D eigenvalue weighted by molar-refractivity contribution is 5.96. The van der Waals surface area contributed by atoms with Gasteiger partial charge < -0.3 is 16.2 Å². The molecular weight excluding hydrogens is 264 g/mol. The Morgan fingerprint density at radius 2 is 1.81 bits per heavy atom. The molecule has 0 radical (unpaired) electrons. The van der Waals surface area contributed by atoms with E-state index in [1.165, 1.54) is 5.56 Å². The van der Waals surface area contributed by atoms with Crippen molar-refractivity contribution in [1.29, 1.82) is 0 Å². The van der Waals surface area contributed by atoms with Crippen LogP contribution in [-0.4, -0.2) is 5.91 Å². The maximum Gasteiger partial charge on any atom is 0.252 e. The van der Waals surface area contributed by atoms with E-state index < -0.39 is 5.91 Å². The van der Waals surface area contributed by atoms with Crippen LogP contribution >= 0.6 is 0 Å². The Hall–Kier alpha value is -2.49. The van der Waals surface area contributed by atoms with Gasteiger partial charge in [0.1, 0.15) is 12.4 Å². The molecule has 4 N–H and O–H groups in total. The summed E-state index contributed by atoms with van der Waals surface area (Å²) in [4.78, 5) is 11.4. The first-order valence-electron chi connectivity index (χ1n) is 6.88. The SMILES string of the molecule is CC(C)c1ccc(COc2cc(N)ccc2C(N)=O)cc1. The lowest BCUT2D eigenvalue weighted by molar-refractivity contribution is 0.0996. The number of nitrogens with two attached hydrogens (primary N) is 2. The maximum absolute atomic E-state index is 11.4. The first-order chi connectivity index (χ1) is 9.97. The Kier molecular flexibility index (Phi) is 4.48. The molecule has 0 spiro atoms. The number of rotatable bonds is 5. The zero-order chi connectivity index (χ0) is 15.4. The van der Waals surface area contributed by atoms with Crippen molar-refractivity contribution in [3.8, 4) is 5.75 Å². The van der Waals surface area contributed by atoms with E-state index in [-0.39, 0.29) is 0 Å². The number of ether oxygens (including phenoxy) is 1. The molecule has 4 heteroatoms. The summed E-state index contributed by atoms with van der Waals surface area (Å²) in [6, 6.07) is 13.0. The molecule has 110 valence electrons. The van der Waals surface area contributed by atoms with Gasteiger partial charge in [-0.2, -0.15) is 0 Å². The van der Waals surface area contributed by atoms with Gasteiger partial charge in [-0.05, 0) is 29.2 Å². The average Bonchev–Trinajstić information content (AvgIpc) is 2.45. The predicted octanol–water partition coefficient (Wildman–Crippen LogP) is 3.07. The van der Waals surface area contributed by atoms with Crippen molar-refractivity contribution >= 4 is 11.6 Å². The first-order valence-corrected chi connectivity index (χ1v) is 6.88. The molecule has 0 fully saturated rings. The van der Waals surface area contributed by atoms with Gasteiger partial charge in [0, 0.05) is 11.8 Å². The lowest BCUT2D eigenvalue weighted by Crippen LogP contribution is -2.13. The molecule has 2 rings (SSSR count). The highest BCUT2D eigenvalue weighted by Gasteiger charge is 2.10. The Labute approximate surface area is 124 Å². The lowest BCUT2D eigenvalue weighted by Gasteiger charge is -2.11. The van der Waals surface area contributed by atoms with Gasteiger partial charge in [-0.1, -0.05) is 38.1 Å². The van der Waals surface area contributed by atoms with Crippen molar-refractivity contribution in [3.05, 3.63) is 59.2 Å². The molecule has 4 nitrogen and oxygen atoms in total. The van der Waals surface area contributed by atoms with Gasteiger partial charge in [0.05, 0.1) is 5.56 Å². The number of anilines is 1. The number of hydrogen-bond donors (Lipinski definition) is 2. The highest BCUT2D eigenvalue weighted by atomic mass is 16.5. The van der Waals surface area contributed by atoms with Gasteiger partial charge in [-0.15, -0.1) is 0 Å². The molecule has 0 heterocycles. The van der Waals surface area contributed by atoms with Crippen LogP contribution in [0.4, 0.5) is 5.69 Å². The van der Waals surface area contributed by atoms with Crippen molar-refractivity contribution in [2.45, 2.75) is 26.4 Å². The zero-order valence-corrected chi connectivity index (χ0v) is 12.3. The van der Waals surface area contributed by atoms with E-state index >= 15 is 0 Å². The van der Waals surface area contributed by atoms with Crippen LogP contribution in [0, 0.1) is 0 Å². The average molecular weight is 284 g/mol. The molecule has 0 atom stereocenters. The Balaban J connectivity index is 2.12. The highest BCUT2D eigenvalue weighted by Crippen LogP contribution is 2.23. The second kappa shape index (κ2) is 6.31. The molecular formula is C17H20N2O2. The Morgan fingerprint density at radius 1 is 1.14 bits per heavy atom. The van der Waals surface area contributed by atoms with Gasteiger partial charge in [-0.3, -0.25) is 4.79 Å². The van der Waals surface area contributed by atoms with Crippen LogP contribution in [0.1, 0.15) is 41.3 Å². The summed E-state index contributed by atoms with van der Waals surface area (Å²) in [5.41, 5.74) is 14.2. The summed E-state index contributed by atoms with van der Waals surface area (Å²) in [7, 11) is 0. The number of carbonyl (C=O) groups excluding carboxylic acids is 1. The van der Waals surface area contributed by atoms with E-state index in [0.29, 0.717) is 29.5 Å². The first kappa shape index (κ1) is 14.9. The van der Waals surface area contributed by atoms with Crippen LogP contribution in [-0.2, 0) is 6.61 Å². The second-order valence-electron chi connectivity index (χ2n) is 5.30. The maximum atomic E-state index is 11.4. The second-order valence-corrected chi connectivity index (χ2v) is 5.30. The van der Waals surface area contributed by atoms with Gasteiger partial charge in [0.2, 0.25) is 0 Å². The molecule has 0 aliphatic heterocycles. The molecule has 0 aromatic heterocycles. The minimum absolute atomic E-state index is 0.336. The van der Waals surface area contributed by atoms with E-state index in [9.17, 15) is 4.79 Å². The summed E-state index contributed by atoms with van der Waals surface area (Å²) in [5, 5.41) is 0. The van der Waals surface area contributed by atoms with E-state index in [1.54, 1.807) is 18.2 Å². The Bertz CT molecular complexity index is 634. The summed E-state index contributed by atoms with van der Waals surface area (Å²) in [6.07, 6.45) is 0. The fourth-order valence-electron chi connectivity index (χ4n) is 2.02. The quantitative estimate of drug-likeness (QED) is 0.828. The number of amides is 1. The minimum Gasteiger partial charge on any atom is -0.488 e. The van der Waals surface area contributed by atoms with Crippen molar-refractivity contribution in [2.24, 2.45) is 5.73 Å². The van der Waals surface area contributed by atoms with Crippen molar-refractivity contribution in [1.82, 2.24) is 0 Å². The molecule has 2 aromatic carbocycles. The topological polar surface area (TPSA) is 78.3 Å². The fraction of sp³-hybridized carbons (Fsp3) is 0.235. The standard InChI is InChI=1S/C17H20N2O2/c1-11(2)13-5-3-12(4-6-13)10-21-16-9-14(18)7-8-15(16)17(19)20/h3-9,11H,10,18H2,1-2H3,(H2,19,20). The fourth-order valence-corrected chi connectivity index (χ4v) is 2.02. The molecule has 0 saturated heterocycles. The van der Waals surface area contributed by atoms with Crippen LogP contribution in [0.15, 0.2) is 42.5 Å². The van der Waals surface area contributed by atoms with E-state index in [4.69, 9.17) is 16.2 Å². The van der Waals surface area contributed by atoms with Gasteiger partial charge >= 0.3 is 0 Å². The van der Waals surface area contributed by atoms with Crippen LogP contribution in [0.25, 0.3) is 0 Å². The Morgan fingerprint density at radius 3 is 2.38 bits per heavy atom. The number of benzene rings is 2. The summed E-state index contributed by atoms with van der Waals surface area (Å²) >= 11 is 0. The predicted molar refractivity (Wildman–Crippen MR) is 84.2 cm³/mol. The number of primary amides is 1.